The monoisotopic (exact) mass is 422 g/mol. The number of thioether (sulfide) groups is 2. The lowest BCUT2D eigenvalue weighted by molar-refractivity contribution is -0.141. The molecule has 0 aromatic rings. The fourth-order valence-corrected chi connectivity index (χ4v) is 2.90. The van der Waals surface area contributed by atoms with Crippen molar-refractivity contribution in [2.75, 3.05) is 24.0 Å². The van der Waals surface area contributed by atoms with Gasteiger partial charge in [0.1, 0.15) is 18.1 Å². The Balaban J connectivity index is 4.82. The summed E-state index contributed by atoms with van der Waals surface area (Å²) in [6.45, 7) is 2.77. The van der Waals surface area contributed by atoms with Crippen LogP contribution in [0, 0.1) is 0 Å². The number of carbonyl (C=O) groups is 4. The van der Waals surface area contributed by atoms with Crippen LogP contribution in [0.4, 0.5) is 0 Å². The number of rotatable bonds is 13. The minimum atomic E-state index is -1.17. The Morgan fingerprint density at radius 2 is 1.37 bits per heavy atom. The van der Waals surface area contributed by atoms with Crippen LogP contribution < -0.4 is 21.7 Å². The van der Waals surface area contributed by atoms with Crippen LogP contribution in [-0.4, -0.2) is 77.0 Å². The largest absolute Gasteiger partial charge is 0.480 e. The third-order valence-corrected chi connectivity index (χ3v) is 4.98. The number of carbonyl (C=O) groups excluding carboxylic acids is 3. The molecule has 0 rings (SSSR count). The van der Waals surface area contributed by atoms with E-state index in [0.717, 1.165) is 5.75 Å². The number of hydrogen-bond donors (Lipinski definition) is 5. The molecule has 0 radical (unpaired) electrons. The number of amides is 3. The third-order valence-electron chi connectivity index (χ3n) is 3.69. The highest BCUT2D eigenvalue weighted by atomic mass is 32.2. The molecule has 0 bridgehead atoms. The summed E-state index contributed by atoms with van der Waals surface area (Å²) in [4.78, 5) is 47.4. The second kappa shape index (κ2) is 13.7. The van der Waals surface area contributed by atoms with Crippen LogP contribution in [0.1, 0.15) is 26.7 Å². The summed E-state index contributed by atoms with van der Waals surface area (Å²) in [7, 11) is 0. The predicted octanol–water partition coefficient (Wildman–Crippen LogP) is -0.601. The van der Waals surface area contributed by atoms with Gasteiger partial charge in [0.2, 0.25) is 17.7 Å². The zero-order valence-electron chi connectivity index (χ0n) is 16.1. The maximum atomic E-state index is 12.5. The maximum absolute atomic E-state index is 12.5. The highest BCUT2D eigenvalue weighted by molar-refractivity contribution is 7.98. The molecule has 0 fully saturated rings. The van der Waals surface area contributed by atoms with E-state index in [2.05, 4.69) is 16.0 Å². The number of aliphatic carboxylic acids is 1. The Kier molecular flexibility index (Phi) is 12.9. The Morgan fingerprint density at radius 3 is 1.89 bits per heavy atom. The van der Waals surface area contributed by atoms with Crippen molar-refractivity contribution in [2.45, 2.75) is 50.9 Å². The SMILES string of the molecule is CSCCC(N)C(=O)NC(CCSC)C(=O)NC(C)C(=O)NC(C)C(=O)O. The van der Waals surface area contributed by atoms with Gasteiger partial charge in [0.05, 0.1) is 6.04 Å². The van der Waals surface area contributed by atoms with Crippen molar-refractivity contribution in [1.29, 1.82) is 0 Å². The van der Waals surface area contributed by atoms with Crippen LogP contribution in [-0.2, 0) is 19.2 Å². The van der Waals surface area contributed by atoms with Crippen molar-refractivity contribution < 1.29 is 24.3 Å². The molecule has 0 saturated carbocycles. The molecule has 0 spiro atoms. The Morgan fingerprint density at radius 1 is 0.852 bits per heavy atom. The first-order chi connectivity index (χ1) is 12.6. The van der Waals surface area contributed by atoms with Crippen molar-refractivity contribution >= 4 is 47.2 Å². The van der Waals surface area contributed by atoms with Gasteiger partial charge in [-0.05, 0) is 50.7 Å². The Bertz CT molecular complexity index is 521. The number of carboxylic acids is 1. The van der Waals surface area contributed by atoms with Gasteiger partial charge < -0.3 is 26.8 Å². The Labute approximate surface area is 168 Å². The summed E-state index contributed by atoms with van der Waals surface area (Å²) < 4.78 is 0. The van der Waals surface area contributed by atoms with E-state index in [1.54, 1.807) is 11.8 Å². The van der Waals surface area contributed by atoms with Gasteiger partial charge in [-0.3, -0.25) is 19.2 Å². The molecule has 0 heterocycles. The van der Waals surface area contributed by atoms with Crippen molar-refractivity contribution in [1.82, 2.24) is 16.0 Å². The molecule has 4 unspecified atom stereocenters. The van der Waals surface area contributed by atoms with Gasteiger partial charge >= 0.3 is 5.97 Å². The van der Waals surface area contributed by atoms with E-state index in [1.165, 1.54) is 25.6 Å². The molecule has 0 aliphatic rings. The van der Waals surface area contributed by atoms with Gasteiger partial charge in [-0.15, -0.1) is 0 Å². The van der Waals surface area contributed by atoms with Crippen LogP contribution in [0.25, 0.3) is 0 Å². The highest BCUT2D eigenvalue weighted by Gasteiger charge is 2.27. The molecule has 0 aliphatic carbocycles. The fraction of sp³-hybridized carbons (Fsp3) is 0.750. The van der Waals surface area contributed by atoms with E-state index in [1.807, 2.05) is 12.5 Å². The van der Waals surface area contributed by atoms with Gasteiger partial charge in [0.15, 0.2) is 0 Å². The van der Waals surface area contributed by atoms with Crippen LogP contribution in [0.2, 0.25) is 0 Å². The van der Waals surface area contributed by atoms with Gasteiger partial charge in [0, 0.05) is 0 Å². The van der Waals surface area contributed by atoms with Crippen LogP contribution in [0.5, 0.6) is 0 Å². The summed E-state index contributed by atoms with van der Waals surface area (Å²) in [6.07, 6.45) is 4.67. The van der Waals surface area contributed by atoms with Crippen molar-refractivity contribution in [3.05, 3.63) is 0 Å². The van der Waals surface area contributed by atoms with Crippen molar-refractivity contribution in [2.24, 2.45) is 5.73 Å². The normalized spacial score (nSPS) is 15.1. The molecule has 0 saturated heterocycles. The fourth-order valence-electron chi connectivity index (χ4n) is 1.94. The van der Waals surface area contributed by atoms with Crippen LogP contribution in [0.3, 0.4) is 0 Å². The summed E-state index contributed by atoms with van der Waals surface area (Å²) >= 11 is 3.10. The van der Waals surface area contributed by atoms with Crippen LogP contribution >= 0.6 is 23.5 Å². The van der Waals surface area contributed by atoms with Gasteiger partial charge in [-0.25, -0.2) is 0 Å². The third kappa shape index (κ3) is 10.5. The molecule has 4 atom stereocenters. The van der Waals surface area contributed by atoms with Crippen molar-refractivity contribution in [3.63, 3.8) is 0 Å². The molecule has 9 nitrogen and oxygen atoms in total. The number of hydrogen-bond acceptors (Lipinski definition) is 7. The number of nitrogens with one attached hydrogen (secondary N) is 3. The first kappa shape index (κ1) is 25.5. The van der Waals surface area contributed by atoms with Gasteiger partial charge in [0.25, 0.3) is 0 Å². The van der Waals surface area contributed by atoms with E-state index in [0.29, 0.717) is 18.6 Å². The van der Waals surface area contributed by atoms with Crippen LogP contribution in [0.15, 0.2) is 0 Å². The van der Waals surface area contributed by atoms with Gasteiger partial charge in [-0.1, -0.05) is 0 Å². The average molecular weight is 423 g/mol. The predicted molar refractivity (Wildman–Crippen MR) is 109 cm³/mol. The summed E-state index contributed by atoms with van der Waals surface area (Å²) in [6, 6.07) is -3.55. The smallest absolute Gasteiger partial charge is 0.325 e. The first-order valence-corrected chi connectivity index (χ1v) is 11.3. The maximum Gasteiger partial charge on any atom is 0.325 e. The summed E-state index contributed by atoms with van der Waals surface area (Å²) in [5.41, 5.74) is 5.83. The quantitative estimate of drug-likeness (QED) is 0.264. The number of carboxylic acid groups (broad SMARTS) is 1. The minimum Gasteiger partial charge on any atom is -0.480 e. The molecule has 0 aliphatic heterocycles. The van der Waals surface area contributed by atoms with E-state index < -0.39 is 47.9 Å². The summed E-state index contributed by atoms with van der Waals surface area (Å²) in [5, 5.41) is 16.3. The molecular weight excluding hydrogens is 392 g/mol. The highest BCUT2D eigenvalue weighted by Crippen LogP contribution is 2.04. The van der Waals surface area contributed by atoms with E-state index in [4.69, 9.17) is 10.8 Å². The molecular formula is C16H30N4O5S2. The number of nitrogens with two attached hydrogens (primary N) is 1. The lowest BCUT2D eigenvalue weighted by Crippen LogP contribution is -2.56. The molecule has 6 N–H and O–H groups in total. The molecule has 11 heteroatoms. The van der Waals surface area contributed by atoms with Crippen molar-refractivity contribution in [3.8, 4) is 0 Å². The molecule has 0 aromatic carbocycles. The lowest BCUT2D eigenvalue weighted by atomic mass is 10.1. The zero-order valence-corrected chi connectivity index (χ0v) is 17.7. The minimum absolute atomic E-state index is 0.383. The molecule has 3 amide bonds. The Hall–Kier alpha value is -1.46. The van der Waals surface area contributed by atoms with E-state index in [9.17, 15) is 19.2 Å². The second-order valence-electron chi connectivity index (χ2n) is 6.03. The van der Waals surface area contributed by atoms with E-state index in [-0.39, 0.29) is 0 Å². The molecule has 0 aromatic heterocycles. The zero-order chi connectivity index (χ0) is 21.0. The topological polar surface area (TPSA) is 151 Å². The second-order valence-corrected chi connectivity index (χ2v) is 8.00. The standard InChI is InChI=1S/C16H30N4O5S2/c1-9(13(21)19-10(2)16(24)25)18-15(23)12(6-8-27-4)20-14(22)11(17)5-7-26-3/h9-12H,5-8,17H2,1-4H3,(H,18,23)(H,19,21)(H,20,22)(H,24,25). The first-order valence-electron chi connectivity index (χ1n) is 8.51. The average Bonchev–Trinajstić information content (AvgIpc) is 2.62. The lowest BCUT2D eigenvalue weighted by Gasteiger charge is -2.23. The van der Waals surface area contributed by atoms with Gasteiger partial charge in [-0.2, -0.15) is 23.5 Å². The molecule has 156 valence electrons. The van der Waals surface area contributed by atoms with E-state index >= 15 is 0 Å². The summed E-state index contributed by atoms with van der Waals surface area (Å²) in [5.74, 6) is -1.36. The molecule has 27 heavy (non-hydrogen) atoms.